The van der Waals surface area contributed by atoms with Gasteiger partial charge in [0.2, 0.25) is 11.0 Å². The smallest absolute Gasteiger partial charge is 0.231 e. The molecule has 0 saturated heterocycles. The summed E-state index contributed by atoms with van der Waals surface area (Å²) in [6.07, 6.45) is 0. The molecular formula is C16H19N3O3S2. The van der Waals surface area contributed by atoms with Gasteiger partial charge in [-0.1, -0.05) is 56.0 Å². The van der Waals surface area contributed by atoms with E-state index in [0.717, 1.165) is 0 Å². The highest BCUT2D eigenvalue weighted by Crippen LogP contribution is 2.27. The molecule has 0 unspecified atom stereocenters. The van der Waals surface area contributed by atoms with Crippen LogP contribution in [0.3, 0.4) is 0 Å². The molecule has 0 saturated carbocycles. The Morgan fingerprint density at radius 3 is 2.71 bits per heavy atom. The summed E-state index contributed by atoms with van der Waals surface area (Å²) in [5.41, 5.74) is 0.0917. The molecule has 0 atom stereocenters. The normalized spacial score (nSPS) is 11.2. The Hall–Kier alpha value is -1.93. The average molecular weight is 365 g/mol. The Morgan fingerprint density at radius 1 is 1.29 bits per heavy atom. The standard InChI is InChI=1S/C16H19N3O3S2/c1-16(2,3)13(21)17-14-18-19-15(24-14)23-9-12(20)10-6-5-7-11(8-10)22-4/h5-8H,9H2,1-4H3,(H,17,18,21). The summed E-state index contributed by atoms with van der Waals surface area (Å²) in [4.78, 5) is 24.1. The summed E-state index contributed by atoms with van der Waals surface area (Å²) in [6, 6.07) is 7.03. The fraction of sp³-hybridized carbons (Fsp3) is 0.375. The van der Waals surface area contributed by atoms with E-state index < -0.39 is 5.41 Å². The molecule has 2 aromatic rings. The number of aromatic nitrogens is 2. The summed E-state index contributed by atoms with van der Waals surface area (Å²) in [5, 5.41) is 11.1. The van der Waals surface area contributed by atoms with Crippen LogP contribution in [-0.4, -0.2) is 34.8 Å². The van der Waals surface area contributed by atoms with Gasteiger partial charge in [0, 0.05) is 11.0 Å². The van der Waals surface area contributed by atoms with Crippen LogP contribution in [0.1, 0.15) is 31.1 Å². The maximum atomic E-state index is 12.2. The molecule has 2 rings (SSSR count). The van der Waals surface area contributed by atoms with Gasteiger partial charge in [0.1, 0.15) is 5.75 Å². The van der Waals surface area contributed by atoms with E-state index in [1.165, 1.54) is 23.1 Å². The van der Waals surface area contributed by atoms with E-state index in [1.807, 2.05) is 20.8 Å². The van der Waals surface area contributed by atoms with Gasteiger partial charge in [0.25, 0.3) is 0 Å². The van der Waals surface area contributed by atoms with Crippen LogP contribution in [0.4, 0.5) is 5.13 Å². The van der Waals surface area contributed by atoms with Crippen molar-refractivity contribution in [3.63, 3.8) is 0 Å². The van der Waals surface area contributed by atoms with Crippen LogP contribution in [0.25, 0.3) is 0 Å². The van der Waals surface area contributed by atoms with E-state index in [0.29, 0.717) is 20.8 Å². The van der Waals surface area contributed by atoms with Gasteiger partial charge in [0.15, 0.2) is 10.1 Å². The van der Waals surface area contributed by atoms with Gasteiger partial charge < -0.3 is 10.1 Å². The lowest BCUT2D eigenvalue weighted by molar-refractivity contribution is -0.123. The van der Waals surface area contributed by atoms with E-state index in [2.05, 4.69) is 15.5 Å². The number of carbonyl (C=O) groups is 2. The zero-order valence-electron chi connectivity index (χ0n) is 14.0. The maximum absolute atomic E-state index is 12.2. The Kier molecular flexibility index (Phi) is 5.95. The molecule has 1 aromatic heterocycles. The number of nitrogens with one attached hydrogen (secondary N) is 1. The van der Waals surface area contributed by atoms with Gasteiger partial charge in [-0.25, -0.2) is 0 Å². The first-order valence-electron chi connectivity index (χ1n) is 7.24. The van der Waals surface area contributed by atoms with Gasteiger partial charge in [-0.05, 0) is 12.1 Å². The van der Waals surface area contributed by atoms with E-state index >= 15 is 0 Å². The number of anilines is 1. The predicted molar refractivity (Wildman–Crippen MR) is 96.0 cm³/mol. The summed E-state index contributed by atoms with van der Waals surface area (Å²) in [5.74, 6) is 0.751. The minimum atomic E-state index is -0.499. The Labute approximate surface area is 149 Å². The second-order valence-electron chi connectivity index (χ2n) is 6.02. The average Bonchev–Trinajstić information content (AvgIpc) is 2.99. The number of hydrogen-bond acceptors (Lipinski definition) is 7. The van der Waals surface area contributed by atoms with Gasteiger partial charge in [0.05, 0.1) is 12.9 Å². The van der Waals surface area contributed by atoms with E-state index in [9.17, 15) is 9.59 Å². The van der Waals surface area contributed by atoms with Crippen molar-refractivity contribution in [1.29, 1.82) is 0 Å². The molecule has 0 aliphatic carbocycles. The molecule has 0 bridgehead atoms. The molecule has 8 heteroatoms. The van der Waals surface area contributed by atoms with Crippen molar-refractivity contribution >= 4 is 39.9 Å². The molecule has 0 radical (unpaired) electrons. The minimum absolute atomic E-state index is 0.0191. The number of ketones is 1. The summed E-state index contributed by atoms with van der Waals surface area (Å²) >= 11 is 2.55. The number of thioether (sulfide) groups is 1. The number of Topliss-reactive ketones (excluding diaryl/α,β-unsaturated/α-hetero) is 1. The van der Waals surface area contributed by atoms with Gasteiger partial charge >= 0.3 is 0 Å². The van der Waals surface area contributed by atoms with Crippen LogP contribution in [0.15, 0.2) is 28.6 Å². The lowest BCUT2D eigenvalue weighted by Crippen LogP contribution is -2.27. The Morgan fingerprint density at radius 2 is 2.04 bits per heavy atom. The molecular weight excluding hydrogens is 346 g/mol. The van der Waals surface area contributed by atoms with E-state index in [-0.39, 0.29) is 17.4 Å². The van der Waals surface area contributed by atoms with Crippen LogP contribution < -0.4 is 10.1 Å². The Balaban J connectivity index is 1.93. The van der Waals surface area contributed by atoms with Crippen LogP contribution in [0.2, 0.25) is 0 Å². The molecule has 0 spiro atoms. The highest BCUT2D eigenvalue weighted by molar-refractivity contribution is 8.01. The summed E-state index contributed by atoms with van der Waals surface area (Å²) in [7, 11) is 1.56. The lowest BCUT2D eigenvalue weighted by atomic mass is 9.96. The molecule has 6 nitrogen and oxygen atoms in total. The van der Waals surface area contributed by atoms with Crippen LogP contribution >= 0.6 is 23.1 Å². The van der Waals surface area contributed by atoms with E-state index in [4.69, 9.17) is 4.74 Å². The van der Waals surface area contributed by atoms with Crippen molar-refractivity contribution in [2.24, 2.45) is 5.41 Å². The molecule has 0 fully saturated rings. The zero-order valence-corrected chi connectivity index (χ0v) is 15.6. The van der Waals surface area contributed by atoms with Gasteiger partial charge in [-0.3, -0.25) is 9.59 Å². The SMILES string of the molecule is COc1cccc(C(=O)CSc2nnc(NC(=O)C(C)(C)C)s2)c1. The third-order valence-corrected chi connectivity index (χ3v) is 5.00. The molecule has 0 aliphatic heterocycles. The molecule has 1 aromatic carbocycles. The highest BCUT2D eigenvalue weighted by atomic mass is 32.2. The topological polar surface area (TPSA) is 81.2 Å². The number of methoxy groups -OCH3 is 1. The van der Waals surface area contributed by atoms with Crippen molar-refractivity contribution in [3.05, 3.63) is 29.8 Å². The van der Waals surface area contributed by atoms with Crippen molar-refractivity contribution in [1.82, 2.24) is 10.2 Å². The zero-order chi connectivity index (χ0) is 17.7. The Bertz CT molecular complexity index is 738. The fourth-order valence-electron chi connectivity index (χ4n) is 1.61. The second kappa shape index (κ2) is 7.76. The minimum Gasteiger partial charge on any atom is -0.497 e. The number of hydrogen-bond donors (Lipinski definition) is 1. The molecule has 1 N–H and O–H groups in total. The first kappa shape index (κ1) is 18.4. The van der Waals surface area contributed by atoms with Gasteiger partial charge in [-0.15, -0.1) is 10.2 Å². The van der Waals surface area contributed by atoms with Crippen molar-refractivity contribution in [2.75, 3.05) is 18.2 Å². The number of ether oxygens (including phenoxy) is 1. The van der Waals surface area contributed by atoms with Crippen molar-refractivity contribution in [2.45, 2.75) is 25.1 Å². The largest absolute Gasteiger partial charge is 0.497 e. The third-order valence-electron chi connectivity index (χ3n) is 3.03. The van der Waals surface area contributed by atoms with Crippen LogP contribution in [0, 0.1) is 5.41 Å². The second-order valence-corrected chi connectivity index (χ2v) is 8.22. The fourth-order valence-corrected chi connectivity index (χ4v) is 3.25. The highest BCUT2D eigenvalue weighted by Gasteiger charge is 2.22. The molecule has 128 valence electrons. The number of benzene rings is 1. The van der Waals surface area contributed by atoms with Crippen LogP contribution in [-0.2, 0) is 4.79 Å². The lowest BCUT2D eigenvalue weighted by Gasteiger charge is -2.15. The number of amides is 1. The number of carbonyl (C=O) groups excluding carboxylic acids is 2. The van der Waals surface area contributed by atoms with E-state index in [1.54, 1.807) is 31.4 Å². The number of rotatable bonds is 6. The van der Waals surface area contributed by atoms with Crippen molar-refractivity contribution < 1.29 is 14.3 Å². The molecule has 24 heavy (non-hydrogen) atoms. The quantitative estimate of drug-likeness (QED) is 0.479. The third kappa shape index (κ3) is 5.04. The van der Waals surface area contributed by atoms with Crippen molar-refractivity contribution in [3.8, 4) is 5.75 Å². The van der Waals surface area contributed by atoms with Crippen LogP contribution in [0.5, 0.6) is 5.75 Å². The first-order valence-corrected chi connectivity index (χ1v) is 9.05. The predicted octanol–water partition coefficient (Wildman–Crippen LogP) is 3.51. The molecule has 1 heterocycles. The number of nitrogens with zero attached hydrogens (tertiary/aromatic N) is 2. The van der Waals surface area contributed by atoms with Gasteiger partial charge in [-0.2, -0.15) is 0 Å². The molecule has 1 amide bonds. The maximum Gasteiger partial charge on any atom is 0.231 e. The molecule has 0 aliphatic rings. The monoisotopic (exact) mass is 365 g/mol. The summed E-state index contributed by atoms with van der Waals surface area (Å²) in [6.45, 7) is 5.48. The first-order chi connectivity index (χ1) is 11.3. The summed E-state index contributed by atoms with van der Waals surface area (Å²) < 4.78 is 5.75.